The second-order valence-electron chi connectivity index (χ2n) is 6.80. The van der Waals surface area contributed by atoms with E-state index in [9.17, 15) is 13.2 Å². The highest BCUT2D eigenvalue weighted by molar-refractivity contribution is 7.86. The largest absolute Gasteiger partial charge is 0.444 e. The Morgan fingerprint density at radius 1 is 1.22 bits per heavy atom. The zero-order valence-corrected chi connectivity index (χ0v) is 14.7. The van der Waals surface area contributed by atoms with Crippen molar-refractivity contribution in [1.82, 2.24) is 4.90 Å². The molecule has 0 N–H and O–H groups in total. The van der Waals surface area contributed by atoms with Gasteiger partial charge in [-0.2, -0.15) is 8.42 Å². The molecule has 0 radical (unpaired) electrons. The van der Waals surface area contributed by atoms with Crippen molar-refractivity contribution >= 4 is 16.2 Å². The van der Waals surface area contributed by atoms with Gasteiger partial charge in [-0.3, -0.25) is 4.18 Å². The average Bonchev–Trinajstić information content (AvgIpc) is 2.35. The number of carbonyl (C=O) groups is 1. The van der Waals surface area contributed by atoms with Gasteiger partial charge < -0.3 is 9.64 Å². The second-order valence-corrected chi connectivity index (χ2v) is 8.42. The summed E-state index contributed by atoms with van der Waals surface area (Å²) in [7, 11) is -3.75. The van der Waals surface area contributed by atoms with Crippen molar-refractivity contribution < 1.29 is 22.1 Å². The van der Waals surface area contributed by atoms with E-state index < -0.39 is 15.7 Å². The third-order valence-corrected chi connectivity index (χ3v) is 4.67. The molecule has 0 bridgehead atoms. The van der Waals surface area contributed by atoms with Crippen LogP contribution >= 0.6 is 0 Å². The van der Waals surface area contributed by atoms with E-state index >= 15 is 0 Å². The molecule has 1 heterocycles. The van der Waals surface area contributed by atoms with Crippen molar-refractivity contribution in [2.24, 2.45) is 5.92 Å². The van der Waals surface area contributed by atoms with Gasteiger partial charge in [0.2, 0.25) is 0 Å². The third kappa shape index (κ3) is 4.94. The van der Waals surface area contributed by atoms with E-state index in [1.807, 2.05) is 6.92 Å². The normalized spacial score (nSPS) is 16.1. The summed E-state index contributed by atoms with van der Waals surface area (Å²) in [6.07, 6.45) is -0.379. The number of nitrogens with zero attached hydrogens (tertiary/aromatic N) is 1. The lowest BCUT2D eigenvalue weighted by atomic mass is 10.0. The predicted octanol–water partition coefficient (Wildman–Crippen LogP) is 2.57. The number of amides is 1. The van der Waals surface area contributed by atoms with E-state index in [0.717, 1.165) is 5.56 Å². The van der Waals surface area contributed by atoms with Gasteiger partial charge in [0.05, 0.1) is 11.5 Å². The number of rotatable bonds is 4. The monoisotopic (exact) mass is 341 g/mol. The molecule has 128 valence electrons. The highest BCUT2D eigenvalue weighted by Crippen LogP contribution is 2.22. The second kappa shape index (κ2) is 6.49. The first-order valence-corrected chi connectivity index (χ1v) is 8.92. The van der Waals surface area contributed by atoms with Crippen LogP contribution < -0.4 is 0 Å². The lowest BCUT2D eigenvalue weighted by Gasteiger charge is -2.39. The summed E-state index contributed by atoms with van der Waals surface area (Å²) in [5, 5.41) is 0. The van der Waals surface area contributed by atoms with Gasteiger partial charge in [0, 0.05) is 19.0 Å². The van der Waals surface area contributed by atoms with Crippen LogP contribution in [0, 0.1) is 12.8 Å². The first kappa shape index (κ1) is 17.7. The minimum absolute atomic E-state index is 0.00254. The van der Waals surface area contributed by atoms with Gasteiger partial charge in [0.25, 0.3) is 10.1 Å². The zero-order valence-electron chi connectivity index (χ0n) is 13.9. The van der Waals surface area contributed by atoms with Crippen LogP contribution in [-0.2, 0) is 19.0 Å². The Morgan fingerprint density at radius 3 is 2.30 bits per heavy atom. The number of benzene rings is 1. The molecule has 2 rings (SSSR count). The summed E-state index contributed by atoms with van der Waals surface area (Å²) in [5.41, 5.74) is 0.448. The maximum absolute atomic E-state index is 12.1. The van der Waals surface area contributed by atoms with E-state index in [1.54, 1.807) is 32.9 Å². The van der Waals surface area contributed by atoms with Gasteiger partial charge in [0.1, 0.15) is 5.60 Å². The van der Waals surface area contributed by atoms with Gasteiger partial charge in [-0.1, -0.05) is 17.7 Å². The standard InChI is InChI=1S/C16H23NO5S/c1-12-5-7-14(8-6-12)23(19,20)21-11-13-9-17(10-13)15(18)22-16(2,3)4/h5-8,13H,9-11H2,1-4H3. The van der Waals surface area contributed by atoms with E-state index in [1.165, 1.54) is 17.0 Å². The molecule has 1 aromatic carbocycles. The number of likely N-dealkylation sites (tertiary alicyclic amines) is 1. The fourth-order valence-electron chi connectivity index (χ4n) is 2.11. The fraction of sp³-hybridized carbons (Fsp3) is 0.562. The van der Waals surface area contributed by atoms with Crippen molar-refractivity contribution in [1.29, 1.82) is 0 Å². The number of hydrogen-bond acceptors (Lipinski definition) is 5. The topological polar surface area (TPSA) is 72.9 Å². The summed E-state index contributed by atoms with van der Waals surface area (Å²) < 4.78 is 34.5. The number of hydrogen-bond donors (Lipinski definition) is 0. The maximum atomic E-state index is 12.1. The van der Waals surface area contributed by atoms with Gasteiger partial charge in [-0.15, -0.1) is 0 Å². The molecule has 0 saturated carbocycles. The van der Waals surface area contributed by atoms with Crippen LogP contribution in [0.4, 0.5) is 4.79 Å². The first-order valence-electron chi connectivity index (χ1n) is 7.51. The first-order chi connectivity index (χ1) is 10.6. The van der Waals surface area contributed by atoms with Crippen LogP contribution in [0.2, 0.25) is 0 Å². The number of carbonyl (C=O) groups excluding carboxylic acids is 1. The fourth-order valence-corrected chi connectivity index (χ4v) is 3.09. The molecule has 0 aromatic heterocycles. The van der Waals surface area contributed by atoms with Crippen molar-refractivity contribution in [2.75, 3.05) is 19.7 Å². The van der Waals surface area contributed by atoms with Crippen LogP contribution in [0.5, 0.6) is 0 Å². The van der Waals surface area contributed by atoms with Crippen molar-refractivity contribution in [2.45, 2.75) is 38.2 Å². The highest BCUT2D eigenvalue weighted by atomic mass is 32.2. The molecule has 1 aromatic rings. The maximum Gasteiger partial charge on any atom is 0.410 e. The van der Waals surface area contributed by atoms with Gasteiger partial charge in [-0.25, -0.2) is 4.79 Å². The summed E-state index contributed by atoms with van der Waals surface area (Å²) >= 11 is 0. The smallest absolute Gasteiger partial charge is 0.410 e. The summed E-state index contributed by atoms with van der Waals surface area (Å²) in [6.45, 7) is 8.25. The molecule has 0 aliphatic carbocycles. The molecule has 1 amide bonds. The molecule has 1 aliphatic heterocycles. The SMILES string of the molecule is Cc1ccc(S(=O)(=O)OCC2CN(C(=O)OC(C)(C)C)C2)cc1. The number of ether oxygens (including phenoxy) is 1. The highest BCUT2D eigenvalue weighted by Gasteiger charge is 2.34. The van der Waals surface area contributed by atoms with Crippen molar-refractivity contribution in [3.63, 3.8) is 0 Å². The van der Waals surface area contributed by atoms with Gasteiger partial charge in [-0.05, 0) is 39.8 Å². The predicted molar refractivity (Wildman–Crippen MR) is 85.6 cm³/mol. The van der Waals surface area contributed by atoms with Crippen molar-refractivity contribution in [3.8, 4) is 0 Å². The summed E-state index contributed by atoms with van der Waals surface area (Å²) in [5.74, 6) is 0.00254. The molecular formula is C16H23NO5S. The Morgan fingerprint density at radius 2 is 1.78 bits per heavy atom. The Kier molecular flexibility index (Phi) is 5.01. The van der Waals surface area contributed by atoms with E-state index in [4.69, 9.17) is 8.92 Å². The third-order valence-electron chi connectivity index (χ3n) is 3.38. The Hall–Kier alpha value is -1.60. The Bertz CT molecular complexity index is 655. The Balaban J connectivity index is 1.80. The van der Waals surface area contributed by atoms with E-state index in [-0.39, 0.29) is 23.5 Å². The molecule has 1 aliphatic rings. The minimum atomic E-state index is -3.75. The quantitative estimate of drug-likeness (QED) is 0.787. The molecule has 7 heteroatoms. The van der Waals surface area contributed by atoms with Crippen LogP contribution in [0.25, 0.3) is 0 Å². The lowest BCUT2D eigenvalue weighted by Crippen LogP contribution is -2.53. The average molecular weight is 341 g/mol. The van der Waals surface area contributed by atoms with E-state index in [0.29, 0.717) is 13.1 Å². The van der Waals surface area contributed by atoms with Gasteiger partial charge in [0.15, 0.2) is 0 Å². The molecule has 0 atom stereocenters. The zero-order chi connectivity index (χ0) is 17.3. The molecule has 23 heavy (non-hydrogen) atoms. The molecule has 0 spiro atoms. The number of aryl methyl sites for hydroxylation is 1. The summed E-state index contributed by atoms with van der Waals surface area (Å²) in [6, 6.07) is 6.50. The lowest BCUT2D eigenvalue weighted by molar-refractivity contribution is -0.00730. The minimum Gasteiger partial charge on any atom is -0.444 e. The molecule has 1 saturated heterocycles. The van der Waals surface area contributed by atoms with Crippen molar-refractivity contribution in [3.05, 3.63) is 29.8 Å². The van der Waals surface area contributed by atoms with Crippen LogP contribution in [0.15, 0.2) is 29.2 Å². The van der Waals surface area contributed by atoms with Gasteiger partial charge >= 0.3 is 6.09 Å². The molecule has 1 fully saturated rings. The van der Waals surface area contributed by atoms with Crippen LogP contribution in [0.3, 0.4) is 0 Å². The molecule has 0 unspecified atom stereocenters. The van der Waals surface area contributed by atoms with Crippen LogP contribution in [-0.4, -0.2) is 44.7 Å². The summed E-state index contributed by atoms with van der Waals surface area (Å²) in [4.78, 5) is 13.5. The molecular weight excluding hydrogens is 318 g/mol. The molecule has 6 nitrogen and oxygen atoms in total. The van der Waals surface area contributed by atoms with E-state index in [2.05, 4.69) is 0 Å². The van der Waals surface area contributed by atoms with Crippen LogP contribution in [0.1, 0.15) is 26.3 Å². The Labute approximate surface area is 137 Å².